The average Bonchev–Trinajstić information content (AvgIpc) is 2.79. The predicted molar refractivity (Wildman–Crippen MR) is 70.1 cm³/mol. The van der Waals surface area contributed by atoms with Crippen molar-refractivity contribution in [2.24, 2.45) is 0 Å². The molecule has 2 aromatic rings. The number of carboxylic acids is 1. The van der Waals surface area contributed by atoms with Crippen molar-refractivity contribution >= 4 is 33.9 Å². The van der Waals surface area contributed by atoms with Gasteiger partial charge in [0.25, 0.3) is 0 Å². The van der Waals surface area contributed by atoms with E-state index in [1.54, 1.807) is 13.2 Å². The van der Waals surface area contributed by atoms with Gasteiger partial charge in [0.05, 0.1) is 22.3 Å². The number of ether oxygens (including phenoxy) is 1. The smallest absolute Gasteiger partial charge is 0.323 e. The summed E-state index contributed by atoms with van der Waals surface area (Å²) >= 11 is 1.37. The number of carboxylic acid groups (broad SMARTS) is 1. The molecule has 2 rings (SSSR count). The molecule has 6 nitrogen and oxygen atoms in total. The molecule has 1 atom stereocenters. The summed E-state index contributed by atoms with van der Waals surface area (Å²) in [5.41, 5.74) is 0.778. The van der Waals surface area contributed by atoms with Crippen LogP contribution in [0.4, 0.5) is 0 Å². The number of rotatable bonds is 6. The topological polar surface area (TPSA) is 88.5 Å². The Balaban J connectivity index is 0.00000200. The summed E-state index contributed by atoms with van der Waals surface area (Å²) in [5.74, 6) is -0.392. The number of hydrogen-bond donors (Lipinski definition) is 2. The average molecular weight is 536 g/mol. The first-order valence-corrected chi connectivity index (χ1v) is 6.24. The van der Waals surface area contributed by atoms with Gasteiger partial charge in [-0.2, -0.15) is 6.41 Å². The summed E-state index contributed by atoms with van der Waals surface area (Å²) < 4.78 is 6.02. The van der Waals surface area contributed by atoms with Crippen LogP contribution in [0.3, 0.4) is 0 Å². The number of aromatic nitrogens is 1. The number of aliphatic carboxylic acids is 1. The number of methoxy groups -OCH3 is 1. The van der Waals surface area contributed by atoms with Gasteiger partial charge in [0.2, 0.25) is 0 Å². The summed E-state index contributed by atoms with van der Waals surface area (Å²) in [6.07, 6.45) is 1.53. The van der Waals surface area contributed by atoms with E-state index in [-0.39, 0.29) is 6.42 Å². The van der Waals surface area contributed by atoms with Gasteiger partial charge in [0, 0.05) is 6.42 Å². The van der Waals surface area contributed by atoms with Crippen LogP contribution >= 0.6 is 11.3 Å². The molecule has 1 heterocycles. The summed E-state index contributed by atoms with van der Waals surface area (Å²) in [4.78, 5) is 25.5. The Labute approximate surface area is 113 Å². The first-order chi connectivity index (χ1) is 9.13. The number of hydrogen-bond acceptors (Lipinski definition) is 5. The number of thiazole rings is 1. The van der Waals surface area contributed by atoms with E-state index in [0.717, 1.165) is 16.0 Å². The molecule has 0 unspecified atom stereocenters. The van der Waals surface area contributed by atoms with E-state index < -0.39 is 12.0 Å². The van der Waals surface area contributed by atoms with Crippen LogP contribution in [0.1, 0.15) is 5.01 Å². The summed E-state index contributed by atoms with van der Waals surface area (Å²) in [6, 6.07) is 4.42. The van der Waals surface area contributed by atoms with Gasteiger partial charge in [-0.05, 0) is 18.2 Å². The number of fused-ring (bicyclic) bond motifs is 1. The normalized spacial score (nSPS) is 11.4. The zero-order valence-corrected chi connectivity index (χ0v) is 13.6. The Hall–Kier alpha value is -3.15. The van der Waals surface area contributed by atoms with Crippen LogP contribution in [0.2, 0.25) is 0 Å². The van der Waals surface area contributed by atoms with Crippen molar-refractivity contribution in [1.82, 2.24) is 10.3 Å². The van der Waals surface area contributed by atoms with Crippen molar-refractivity contribution < 1.29 is 19.4 Å². The quantitative estimate of drug-likeness (QED) is 0.425. The van der Waals surface area contributed by atoms with E-state index >= 15 is 0 Å². The van der Waals surface area contributed by atoms with Crippen LogP contribution in [0.25, 0.3) is 10.2 Å². The number of carbonyl (C=O) groups is 1. The first kappa shape index (κ1) is 14.9. The first-order valence-electron chi connectivity index (χ1n) is 5.43. The molecule has 1 aromatic carbocycles. The molecule has 0 aliphatic rings. The van der Waals surface area contributed by atoms with Crippen LogP contribution in [-0.2, 0) is 16.0 Å². The van der Waals surface area contributed by atoms with E-state index in [9.17, 15) is 9.59 Å². The molecule has 2 N–H and O–H groups in total. The van der Waals surface area contributed by atoms with E-state index in [1.807, 2.05) is 12.1 Å². The van der Waals surface area contributed by atoms with E-state index in [4.69, 9.17) is 9.84 Å². The van der Waals surface area contributed by atoms with Gasteiger partial charge in [0.1, 0.15) is 11.8 Å². The number of amides is 1. The van der Waals surface area contributed by atoms with Crippen molar-refractivity contribution in [2.75, 3.05) is 7.11 Å². The largest absolute Gasteiger partial charge is 0.520 e. The fourth-order valence-corrected chi connectivity index (χ4v) is 2.65. The second-order valence-corrected chi connectivity index (χ2v) is 4.90. The monoisotopic (exact) mass is 536 g/mol. The zero-order chi connectivity index (χ0) is 13.8. The third kappa shape index (κ3) is 2.99. The summed E-state index contributed by atoms with van der Waals surface area (Å²) in [5, 5.41) is 11.7. The standard InChI is InChI=1S/C12H11N2O4S.Fm/c1-18-7-2-3-8-10(4-7)19-11(14-8)5-9(12(16)17)13-6-15;/h2-4,9H,5H2,1H3,(H,13,15)(H,16,17);/q-1;/t9-;/m0./s1. The van der Waals surface area contributed by atoms with Gasteiger partial charge in [-0.15, -0.1) is 11.3 Å². The minimum absolute atomic E-state index is 0. The zero-order valence-electron chi connectivity index (χ0n) is 10.3. The minimum atomic E-state index is -1.11. The molecule has 0 bridgehead atoms. The Morgan fingerprint density at radius 2 is 2.35 bits per heavy atom. The molecule has 1 amide bonds. The maximum Gasteiger partial charge on any atom is 0.323 e. The molecular formula is C12H11FmN2O4S-. The summed E-state index contributed by atoms with van der Waals surface area (Å²) in [6.45, 7) is 0. The molecule has 112 valence electrons. The van der Waals surface area contributed by atoms with Gasteiger partial charge < -0.3 is 20.0 Å². The van der Waals surface area contributed by atoms with Crippen molar-refractivity contribution in [3.8, 4) is 5.75 Å². The van der Waals surface area contributed by atoms with Gasteiger partial charge in [-0.1, -0.05) is 0 Å². The Bertz CT molecular complexity index is 617. The van der Waals surface area contributed by atoms with Crippen LogP contribution < -0.4 is 10.1 Å². The maximum absolute atomic E-state index is 10.9. The Morgan fingerprint density at radius 1 is 1.60 bits per heavy atom. The van der Waals surface area contributed by atoms with Crippen molar-refractivity contribution in [1.29, 1.82) is 0 Å². The second-order valence-electron chi connectivity index (χ2n) is 3.78. The maximum atomic E-state index is 10.9. The van der Waals surface area contributed by atoms with Crippen LogP contribution in [0, 0.1) is 0 Å². The van der Waals surface area contributed by atoms with Gasteiger partial charge in [-0.25, -0.2) is 4.98 Å². The minimum Gasteiger partial charge on any atom is -0.520 e. The number of carbonyl (C=O) groups excluding carboxylic acids is 1. The molecular weight excluding hydrogens is 525 g/mol. The third-order valence-corrected chi connectivity index (χ3v) is 3.59. The molecule has 0 saturated carbocycles. The van der Waals surface area contributed by atoms with Gasteiger partial charge in [-0.3, -0.25) is 4.79 Å². The molecule has 0 aliphatic heterocycles. The van der Waals surface area contributed by atoms with Gasteiger partial charge in [0.15, 0.2) is 0 Å². The van der Waals surface area contributed by atoms with Crippen LogP contribution in [-0.4, -0.2) is 35.6 Å². The summed E-state index contributed by atoms with van der Waals surface area (Å²) in [7, 11) is 1.58. The molecule has 1 aromatic heterocycles. The number of benzene rings is 1. The van der Waals surface area contributed by atoms with Crippen molar-refractivity contribution in [2.45, 2.75) is 12.5 Å². The van der Waals surface area contributed by atoms with Gasteiger partial charge >= 0.3 is 5.97 Å². The molecule has 8 heteroatoms. The number of nitrogens with zero attached hydrogens (tertiary/aromatic N) is 1. The molecule has 0 radical (unpaired) electrons. The SMILES string of the molecule is COc1ccc2nc(C[C@H](N[C-]=O)C(=O)O)sc2c1.[Fm]. The van der Waals surface area contributed by atoms with Crippen LogP contribution in [0.5, 0.6) is 5.75 Å². The van der Waals surface area contributed by atoms with Crippen LogP contribution in [0.15, 0.2) is 18.2 Å². The van der Waals surface area contributed by atoms with Crippen molar-refractivity contribution in [3.63, 3.8) is 0 Å². The fourth-order valence-electron chi connectivity index (χ4n) is 1.61. The molecule has 20 heavy (non-hydrogen) atoms. The van der Waals surface area contributed by atoms with Crippen molar-refractivity contribution in [3.05, 3.63) is 23.2 Å². The second kappa shape index (κ2) is 6.14. The van der Waals surface area contributed by atoms with E-state index in [1.165, 1.54) is 17.7 Å². The molecule has 0 aliphatic carbocycles. The number of nitrogens with one attached hydrogen (secondary N) is 1. The molecule has 0 saturated heterocycles. The fraction of sp³-hybridized carbons (Fsp3) is 0.250. The van der Waals surface area contributed by atoms with E-state index in [2.05, 4.69) is 10.3 Å². The third-order valence-electron chi connectivity index (χ3n) is 2.55. The molecule has 0 spiro atoms. The molecule has 0 fully saturated rings. The predicted octanol–water partition coefficient (Wildman–Crippen LogP) is 0.957. The Kier molecular flexibility index (Phi) is 4.58. The van der Waals surface area contributed by atoms with E-state index in [0.29, 0.717) is 5.01 Å². The Morgan fingerprint density at radius 3 is 2.95 bits per heavy atom.